The maximum absolute atomic E-state index is 12.4. The van der Waals surface area contributed by atoms with Gasteiger partial charge in [-0.05, 0) is 42.9 Å². The molecule has 0 aromatic heterocycles. The van der Waals surface area contributed by atoms with Crippen LogP contribution in [0.1, 0.15) is 30.4 Å². The van der Waals surface area contributed by atoms with Gasteiger partial charge in [-0.1, -0.05) is 12.1 Å². The number of nitrogens with two attached hydrogens (primary N) is 1. The minimum Gasteiger partial charge on any atom is -0.493 e. The zero-order valence-electron chi connectivity index (χ0n) is 13.7. The highest BCUT2D eigenvalue weighted by Gasteiger charge is 2.36. The normalized spacial score (nSPS) is 20.2. The van der Waals surface area contributed by atoms with Crippen molar-refractivity contribution >= 4 is 5.91 Å². The minimum atomic E-state index is -0.938. The predicted molar refractivity (Wildman–Crippen MR) is 88.5 cm³/mol. The van der Waals surface area contributed by atoms with Gasteiger partial charge in [0.05, 0.1) is 18.2 Å². The lowest BCUT2D eigenvalue weighted by Gasteiger charge is -2.32. The average Bonchev–Trinajstić information content (AvgIpc) is 2.61. The van der Waals surface area contributed by atoms with Crippen molar-refractivity contribution in [1.82, 2.24) is 5.32 Å². The van der Waals surface area contributed by atoms with Crippen molar-refractivity contribution in [3.8, 4) is 11.8 Å². The SMILES string of the molecule is N#CC(Cc1ccc2c(c1)OCCC2)NC(=O)C1(N)CCOCC1. The van der Waals surface area contributed by atoms with Gasteiger partial charge in [0.25, 0.3) is 0 Å². The number of nitriles is 1. The van der Waals surface area contributed by atoms with Gasteiger partial charge >= 0.3 is 0 Å². The summed E-state index contributed by atoms with van der Waals surface area (Å²) in [5, 5.41) is 12.2. The van der Waals surface area contributed by atoms with Crippen molar-refractivity contribution in [3.05, 3.63) is 29.3 Å². The number of fused-ring (bicyclic) bond motifs is 1. The van der Waals surface area contributed by atoms with Crippen molar-refractivity contribution < 1.29 is 14.3 Å². The maximum Gasteiger partial charge on any atom is 0.241 e. The molecule has 24 heavy (non-hydrogen) atoms. The van der Waals surface area contributed by atoms with Gasteiger partial charge in [-0.25, -0.2) is 0 Å². The highest BCUT2D eigenvalue weighted by atomic mass is 16.5. The van der Waals surface area contributed by atoms with Crippen molar-refractivity contribution in [2.24, 2.45) is 5.73 Å². The van der Waals surface area contributed by atoms with E-state index in [1.54, 1.807) is 0 Å². The quantitative estimate of drug-likeness (QED) is 0.861. The molecule has 2 heterocycles. The van der Waals surface area contributed by atoms with Gasteiger partial charge in [0.1, 0.15) is 11.8 Å². The van der Waals surface area contributed by atoms with Crippen LogP contribution in [0, 0.1) is 11.3 Å². The first-order chi connectivity index (χ1) is 11.6. The first-order valence-corrected chi connectivity index (χ1v) is 8.42. The lowest BCUT2D eigenvalue weighted by Crippen LogP contribution is -2.58. The first-order valence-electron chi connectivity index (χ1n) is 8.42. The van der Waals surface area contributed by atoms with E-state index >= 15 is 0 Å². The van der Waals surface area contributed by atoms with Crippen LogP contribution in [0.4, 0.5) is 0 Å². The van der Waals surface area contributed by atoms with E-state index in [4.69, 9.17) is 15.2 Å². The third-order valence-corrected chi connectivity index (χ3v) is 4.72. The molecule has 3 N–H and O–H groups in total. The summed E-state index contributed by atoms with van der Waals surface area (Å²) in [7, 11) is 0. The number of nitrogens with one attached hydrogen (secondary N) is 1. The van der Waals surface area contributed by atoms with Crippen LogP contribution < -0.4 is 15.8 Å². The third-order valence-electron chi connectivity index (χ3n) is 4.72. The van der Waals surface area contributed by atoms with E-state index in [0.717, 1.165) is 30.8 Å². The summed E-state index contributed by atoms with van der Waals surface area (Å²) >= 11 is 0. The summed E-state index contributed by atoms with van der Waals surface area (Å²) in [6, 6.07) is 7.56. The second-order valence-electron chi connectivity index (χ2n) is 6.52. The highest BCUT2D eigenvalue weighted by Crippen LogP contribution is 2.26. The molecular weight excluding hydrogens is 306 g/mol. The lowest BCUT2D eigenvalue weighted by atomic mass is 9.90. The van der Waals surface area contributed by atoms with Gasteiger partial charge < -0.3 is 20.5 Å². The molecule has 1 atom stereocenters. The molecule has 1 fully saturated rings. The largest absolute Gasteiger partial charge is 0.493 e. The van der Waals surface area contributed by atoms with E-state index in [1.807, 2.05) is 18.2 Å². The Bertz CT molecular complexity index is 647. The van der Waals surface area contributed by atoms with Crippen LogP contribution in [-0.2, 0) is 22.4 Å². The molecular formula is C18H23N3O3. The molecule has 0 saturated carbocycles. The fourth-order valence-electron chi connectivity index (χ4n) is 3.14. The van der Waals surface area contributed by atoms with Gasteiger partial charge in [0, 0.05) is 19.6 Å². The van der Waals surface area contributed by atoms with Crippen molar-refractivity contribution in [2.45, 2.75) is 43.7 Å². The summed E-state index contributed by atoms with van der Waals surface area (Å²) in [6.07, 6.45) is 3.44. The fourth-order valence-corrected chi connectivity index (χ4v) is 3.14. The zero-order chi connectivity index (χ0) is 17.0. The minimum absolute atomic E-state index is 0.272. The summed E-state index contributed by atoms with van der Waals surface area (Å²) < 4.78 is 10.9. The van der Waals surface area contributed by atoms with Gasteiger partial charge in [-0.2, -0.15) is 5.26 Å². The number of benzene rings is 1. The van der Waals surface area contributed by atoms with Crippen molar-refractivity contribution in [3.63, 3.8) is 0 Å². The molecule has 6 nitrogen and oxygen atoms in total. The second-order valence-corrected chi connectivity index (χ2v) is 6.52. The third kappa shape index (κ3) is 3.69. The Morgan fingerprint density at radius 1 is 1.38 bits per heavy atom. The molecule has 1 amide bonds. The van der Waals surface area contributed by atoms with Crippen LogP contribution in [0.2, 0.25) is 0 Å². The molecule has 1 saturated heterocycles. The van der Waals surface area contributed by atoms with Crippen LogP contribution >= 0.6 is 0 Å². The Kier molecular flexibility index (Phi) is 5.03. The molecule has 0 spiro atoms. The smallest absolute Gasteiger partial charge is 0.241 e. The molecule has 3 rings (SSSR count). The van der Waals surface area contributed by atoms with E-state index in [0.29, 0.717) is 32.5 Å². The van der Waals surface area contributed by atoms with E-state index in [9.17, 15) is 10.1 Å². The first kappa shape index (κ1) is 16.7. The van der Waals surface area contributed by atoms with Crippen molar-refractivity contribution in [1.29, 1.82) is 5.26 Å². The molecule has 6 heteroatoms. The number of carbonyl (C=O) groups is 1. The van der Waals surface area contributed by atoms with Gasteiger partial charge in [0.2, 0.25) is 5.91 Å². The lowest BCUT2D eigenvalue weighted by molar-refractivity contribution is -0.130. The van der Waals surface area contributed by atoms with E-state index in [1.165, 1.54) is 5.56 Å². The predicted octanol–water partition coefficient (Wildman–Crippen LogP) is 1.07. The van der Waals surface area contributed by atoms with E-state index < -0.39 is 11.6 Å². The molecule has 0 radical (unpaired) electrons. The standard InChI is InChI=1S/C18H23N3O3/c19-12-15(21-17(22)18(20)5-8-23-9-6-18)10-13-3-4-14-2-1-7-24-16(14)11-13/h3-4,11,15H,1-2,5-10,20H2,(H,21,22). The topological polar surface area (TPSA) is 97.4 Å². The Morgan fingerprint density at radius 2 is 2.17 bits per heavy atom. The van der Waals surface area contributed by atoms with Crippen LogP contribution in [0.25, 0.3) is 0 Å². The number of carbonyl (C=O) groups excluding carboxylic acids is 1. The summed E-state index contributed by atoms with van der Waals surface area (Å²) in [5.41, 5.74) is 7.40. The molecule has 1 aromatic rings. The second kappa shape index (κ2) is 7.20. The number of rotatable bonds is 4. The molecule has 1 aromatic carbocycles. The van der Waals surface area contributed by atoms with Crippen molar-refractivity contribution in [2.75, 3.05) is 19.8 Å². The monoisotopic (exact) mass is 329 g/mol. The molecule has 128 valence electrons. The number of amides is 1. The molecule has 0 bridgehead atoms. The van der Waals surface area contributed by atoms with Crippen LogP contribution in [-0.4, -0.2) is 37.3 Å². The molecule has 2 aliphatic rings. The van der Waals surface area contributed by atoms with Gasteiger partial charge in [-0.3, -0.25) is 4.79 Å². The Hall–Kier alpha value is -2.10. The molecule has 1 unspecified atom stereocenters. The number of ether oxygens (including phenoxy) is 2. The summed E-state index contributed by atoms with van der Waals surface area (Å²) in [6.45, 7) is 1.68. The zero-order valence-corrected chi connectivity index (χ0v) is 13.7. The highest BCUT2D eigenvalue weighted by molar-refractivity contribution is 5.86. The Labute approximate surface area is 141 Å². The Morgan fingerprint density at radius 3 is 2.92 bits per heavy atom. The Balaban J connectivity index is 1.64. The number of hydrogen-bond acceptors (Lipinski definition) is 5. The van der Waals surface area contributed by atoms with Crippen LogP contribution in [0.3, 0.4) is 0 Å². The van der Waals surface area contributed by atoms with Gasteiger partial charge in [-0.15, -0.1) is 0 Å². The fraction of sp³-hybridized carbons (Fsp3) is 0.556. The van der Waals surface area contributed by atoms with Gasteiger partial charge in [0.15, 0.2) is 0 Å². The average molecular weight is 329 g/mol. The van der Waals surface area contributed by atoms with Crippen LogP contribution in [0.15, 0.2) is 18.2 Å². The molecule has 2 aliphatic heterocycles. The van der Waals surface area contributed by atoms with E-state index in [2.05, 4.69) is 11.4 Å². The number of aryl methyl sites for hydroxylation is 1. The molecule has 0 aliphatic carbocycles. The number of hydrogen-bond donors (Lipinski definition) is 2. The summed E-state index contributed by atoms with van der Waals surface area (Å²) in [4.78, 5) is 12.4. The van der Waals surface area contributed by atoms with E-state index in [-0.39, 0.29) is 5.91 Å². The number of nitrogens with zero attached hydrogens (tertiary/aromatic N) is 1. The van der Waals surface area contributed by atoms with Crippen LogP contribution in [0.5, 0.6) is 5.75 Å². The maximum atomic E-state index is 12.4. The summed E-state index contributed by atoms with van der Waals surface area (Å²) in [5.74, 6) is 0.619.